The second-order valence-corrected chi connectivity index (χ2v) is 7.05. The van der Waals surface area contributed by atoms with Gasteiger partial charge in [-0.05, 0) is 53.6 Å². The third-order valence-corrected chi connectivity index (χ3v) is 5.10. The van der Waals surface area contributed by atoms with Crippen molar-refractivity contribution in [2.24, 2.45) is 11.7 Å². The van der Waals surface area contributed by atoms with Gasteiger partial charge in [0.05, 0.1) is 0 Å². The van der Waals surface area contributed by atoms with Crippen LogP contribution in [-0.4, -0.2) is 26.2 Å². The number of nitrogens with two attached hydrogens (primary N) is 1. The Morgan fingerprint density at radius 1 is 0.962 bits per heavy atom. The minimum absolute atomic E-state index is 0.663. The van der Waals surface area contributed by atoms with Crippen LogP contribution in [0.5, 0.6) is 0 Å². The van der Waals surface area contributed by atoms with Gasteiger partial charge in [0.1, 0.15) is 0 Å². The molecule has 1 aliphatic rings. The predicted molar refractivity (Wildman–Crippen MR) is 112 cm³/mol. The molecule has 0 fully saturated rings. The molecule has 0 aromatic heterocycles. The van der Waals surface area contributed by atoms with E-state index in [2.05, 4.69) is 71.3 Å². The van der Waals surface area contributed by atoms with Gasteiger partial charge in [-0.2, -0.15) is 0 Å². The molecule has 138 valence electrons. The van der Waals surface area contributed by atoms with Crippen molar-refractivity contribution in [1.82, 2.24) is 10.6 Å². The summed E-state index contributed by atoms with van der Waals surface area (Å²) < 4.78 is 0. The second kappa shape index (κ2) is 10.3. The molecular formula is C23H31N3. The van der Waals surface area contributed by atoms with E-state index in [9.17, 15) is 0 Å². The normalized spacial score (nSPS) is 16.8. The van der Waals surface area contributed by atoms with Crippen LogP contribution in [-0.2, 0) is 6.54 Å². The molecule has 0 heterocycles. The minimum atomic E-state index is 0.663. The number of allylic oxidation sites excluding steroid dienone is 2. The van der Waals surface area contributed by atoms with Gasteiger partial charge in [-0.1, -0.05) is 60.7 Å². The van der Waals surface area contributed by atoms with Crippen molar-refractivity contribution < 1.29 is 0 Å². The van der Waals surface area contributed by atoms with Crippen LogP contribution in [0.4, 0.5) is 0 Å². The summed E-state index contributed by atoms with van der Waals surface area (Å²) >= 11 is 0. The number of rotatable bonds is 10. The van der Waals surface area contributed by atoms with Crippen molar-refractivity contribution in [3.63, 3.8) is 0 Å². The van der Waals surface area contributed by atoms with Crippen molar-refractivity contribution in [3.8, 4) is 0 Å². The first kappa shape index (κ1) is 18.8. The number of benzene rings is 2. The molecule has 2 aromatic carbocycles. The van der Waals surface area contributed by atoms with Crippen LogP contribution in [0.1, 0.15) is 24.8 Å². The summed E-state index contributed by atoms with van der Waals surface area (Å²) in [4.78, 5) is 0. The quantitative estimate of drug-likeness (QED) is 0.573. The minimum Gasteiger partial charge on any atom is -0.327 e. The first-order chi connectivity index (χ1) is 12.9. The van der Waals surface area contributed by atoms with E-state index in [1.54, 1.807) is 0 Å². The highest BCUT2D eigenvalue weighted by molar-refractivity contribution is 5.85. The van der Waals surface area contributed by atoms with Gasteiger partial charge in [-0.15, -0.1) is 0 Å². The van der Waals surface area contributed by atoms with E-state index < -0.39 is 0 Å². The summed E-state index contributed by atoms with van der Waals surface area (Å²) in [7, 11) is 0. The molecule has 4 N–H and O–H groups in total. The fraction of sp³-hybridized carbons (Fsp3) is 0.391. The molecular weight excluding hydrogens is 318 g/mol. The van der Waals surface area contributed by atoms with Gasteiger partial charge in [-0.25, -0.2) is 0 Å². The van der Waals surface area contributed by atoms with E-state index in [1.165, 1.54) is 34.8 Å². The first-order valence-electron chi connectivity index (χ1n) is 9.82. The molecule has 2 aromatic rings. The summed E-state index contributed by atoms with van der Waals surface area (Å²) in [6, 6.07) is 15.1. The highest BCUT2D eigenvalue weighted by Crippen LogP contribution is 2.20. The summed E-state index contributed by atoms with van der Waals surface area (Å²) in [6.45, 7) is 4.69. The Bertz CT molecular complexity index is 743. The van der Waals surface area contributed by atoms with Crippen molar-refractivity contribution >= 4 is 10.8 Å². The van der Waals surface area contributed by atoms with E-state index in [4.69, 9.17) is 5.73 Å². The lowest BCUT2D eigenvalue weighted by Crippen LogP contribution is -2.28. The molecule has 1 aliphatic carbocycles. The van der Waals surface area contributed by atoms with Crippen LogP contribution in [0.15, 0.2) is 66.3 Å². The van der Waals surface area contributed by atoms with Crippen molar-refractivity contribution in [2.45, 2.75) is 25.8 Å². The number of hydrogen-bond acceptors (Lipinski definition) is 3. The smallest absolute Gasteiger partial charge is 0.0212 e. The molecule has 0 bridgehead atoms. The van der Waals surface area contributed by atoms with Crippen molar-refractivity contribution in [2.75, 3.05) is 26.2 Å². The molecule has 0 amide bonds. The van der Waals surface area contributed by atoms with Crippen LogP contribution < -0.4 is 16.4 Å². The van der Waals surface area contributed by atoms with Gasteiger partial charge in [0.15, 0.2) is 0 Å². The maximum Gasteiger partial charge on any atom is 0.0212 e. The molecule has 1 unspecified atom stereocenters. The van der Waals surface area contributed by atoms with Gasteiger partial charge < -0.3 is 16.4 Å². The van der Waals surface area contributed by atoms with E-state index in [-0.39, 0.29) is 0 Å². The molecule has 0 radical (unpaired) electrons. The zero-order valence-corrected chi connectivity index (χ0v) is 15.6. The summed E-state index contributed by atoms with van der Waals surface area (Å²) in [6.07, 6.45) is 10.4. The zero-order valence-electron chi connectivity index (χ0n) is 15.6. The Kier molecular flexibility index (Phi) is 7.44. The molecule has 0 aliphatic heterocycles. The van der Waals surface area contributed by atoms with Gasteiger partial charge in [0.25, 0.3) is 0 Å². The average molecular weight is 350 g/mol. The Labute approximate surface area is 157 Å². The number of nitrogens with one attached hydrogen (secondary N) is 2. The fourth-order valence-corrected chi connectivity index (χ4v) is 3.54. The maximum atomic E-state index is 5.66. The van der Waals surface area contributed by atoms with Crippen molar-refractivity contribution in [3.05, 3.63) is 71.8 Å². The van der Waals surface area contributed by atoms with Crippen LogP contribution in [0, 0.1) is 5.92 Å². The first-order valence-corrected chi connectivity index (χ1v) is 9.82. The molecule has 1 atom stereocenters. The lowest BCUT2D eigenvalue weighted by Gasteiger charge is -2.15. The van der Waals surface area contributed by atoms with E-state index in [0.717, 1.165) is 32.6 Å². The fourth-order valence-electron chi connectivity index (χ4n) is 3.54. The van der Waals surface area contributed by atoms with E-state index >= 15 is 0 Å². The third-order valence-electron chi connectivity index (χ3n) is 5.10. The zero-order chi connectivity index (χ0) is 18.0. The van der Waals surface area contributed by atoms with Gasteiger partial charge in [0, 0.05) is 26.2 Å². The van der Waals surface area contributed by atoms with Crippen LogP contribution in [0.2, 0.25) is 0 Å². The largest absolute Gasteiger partial charge is 0.327 e. The summed E-state index contributed by atoms with van der Waals surface area (Å²) in [5, 5.41) is 9.76. The predicted octanol–water partition coefficient (Wildman–Crippen LogP) is 3.76. The van der Waals surface area contributed by atoms with Gasteiger partial charge in [-0.3, -0.25) is 0 Å². The highest BCUT2D eigenvalue weighted by atomic mass is 14.9. The Hall–Kier alpha value is -1.94. The van der Waals surface area contributed by atoms with Gasteiger partial charge in [0.2, 0.25) is 0 Å². The number of hydrogen-bond donors (Lipinski definition) is 3. The number of fused-ring (bicyclic) bond motifs is 1. The topological polar surface area (TPSA) is 50.1 Å². The van der Waals surface area contributed by atoms with Crippen LogP contribution in [0.3, 0.4) is 0 Å². The molecule has 0 spiro atoms. The molecule has 3 nitrogen and oxygen atoms in total. The molecule has 0 saturated heterocycles. The summed E-state index contributed by atoms with van der Waals surface area (Å²) in [5.74, 6) is 0.691. The molecule has 3 rings (SSSR count). The monoisotopic (exact) mass is 349 g/mol. The lowest BCUT2D eigenvalue weighted by atomic mass is 9.93. The lowest BCUT2D eigenvalue weighted by molar-refractivity contribution is 0.525. The Balaban J connectivity index is 1.26. The third kappa shape index (κ3) is 5.53. The van der Waals surface area contributed by atoms with Crippen molar-refractivity contribution in [1.29, 1.82) is 0 Å². The second-order valence-electron chi connectivity index (χ2n) is 7.05. The maximum absolute atomic E-state index is 5.66. The molecule has 0 saturated carbocycles. The molecule has 26 heavy (non-hydrogen) atoms. The van der Waals surface area contributed by atoms with Crippen LogP contribution >= 0.6 is 0 Å². The average Bonchev–Trinajstić information content (AvgIpc) is 2.70. The van der Waals surface area contributed by atoms with Gasteiger partial charge >= 0.3 is 0 Å². The Morgan fingerprint density at radius 2 is 1.81 bits per heavy atom. The summed E-state index contributed by atoms with van der Waals surface area (Å²) in [5.41, 5.74) is 8.30. The van der Waals surface area contributed by atoms with E-state index in [0.29, 0.717) is 12.5 Å². The van der Waals surface area contributed by atoms with Crippen LogP contribution in [0.25, 0.3) is 10.8 Å². The SMILES string of the molecule is NCC1=CCC(CCCNCCNCc2cccc3ccccc23)C=C1. The highest BCUT2D eigenvalue weighted by Gasteiger charge is 2.07. The Morgan fingerprint density at radius 3 is 2.65 bits per heavy atom. The molecule has 3 heteroatoms. The standard InChI is InChI=1S/C23H31N3/c24-17-20-12-10-19(11-13-20)5-4-14-25-15-16-26-18-22-8-3-7-21-6-1-2-9-23(21)22/h1-3,6-10,12-13,19,25-26H,4-5,11,14-18,24H2. The van der Waals surface area contributed by atoms with E-state index in [1.807, 2.05) is 0 Å².